The summed E-state index contributed by atoms with van der Waals surface area (Å²) in [6, 6.07) is 0. The van der Waals surface area contributed by atoms with Gasteiger partial charge in [0, 0.05) is 51.4 Å². The molecule has 1 radical (unpaired) electrons. The van der Waals surface area contributed by atoms with Gasteiger partial charge in [-0.2, -0.15) is 0 Å². The fourth-order valence-electron chi connectivity index (χ4n) is 0.625. The van der Waals surface area contributed by atoms with E-state index in [0.29, 0.717) is 0 Å². The van der Waals surface area contributed by atoms with Crippen LogP contribution < -0.4 is 5.32 Å². The third-order valence-corrected chi connectivity index (χ3v) is 0.957. The van der Waals surface area contributed by atoms with E-state index in [1.807, 2.05) is 0 Å². The Morgan fingerprint density at radius 3 is 1.67 bits per heavy atom. The maximum Gasteiger partial charge on any atom is 0 e. The topological polar surface area (TPSA) is 12.0 Å². The Morgan fingerprint density at radius 2 is 1.50 bits per heavy atom. The van der Waals surface area contributed by atoms with Crippen molar-refractivity contribution in [2.75, 3.05) is 13.1 Å². The third kappa shape index (κ3) is 2.72. The summed E-state index contributed by atoms with van der Waals surface area (Å²) in [5, 5.41) is 3.22. The van der Waals surface area contributed by atoms with Gasteiger partial charge in [-0.25, -0.2) is 0 Å². The molecule has 6 heavy (non-hydrogen) atoms. The molecule has 31 valence electrons. The Morgan fingerprint density at radius 1 is 1.00 bits per heavy atom. The van der Waals surface area contributed by atoms with E-state index >= 15 is 0 Å². The van der Waals surface area contributed by atoms with E-state index in [9.17, 15) is 0 Å². The summed E-state index contributed by atoms with van der Waals surface area (Å²) in [5.41, 5.74) is 0. The Kier molecular flexibility index (Phi) is 6.01. The Labute approximate surface area is 81.3 Å². The van der Waals surface area contributed by atoms with Crippen molar-refractivity contribution < 1.29 is 0 Å². The van der Waals surface area contributed by atoms with Gasteiger partial charge < -0.3 is 5.32 Å². The fourth-order valence-corrected chi connectivity index (χ4v) is 0.625. The van der Waals surface area contributed by atoms with Crippen molar-refractivity contribution in [1.29, 1.82) is 0 Å². The average Bonchev–Trinajstić information content (AvgIpc) is 1.76. The first-order valence-corrected chi connectivity index (χ1v) is 2.21. The third-order valence-electron chi connectivity index (χ3n) is 0.957. The van der Waals surface area contributed by atoms with E-state index in [-0.39, 0.29) is 51.4 Å². The molecular formula is C4H9KN. The molecule has 0 aromatic rings. The maximum atomic E-state index is 3.22. The van der Waals surface area contributed by atoms with Gasteiger partial charge >= 0.3 is 0 Å². The van der Waals surface area contributed by atoms with Crippen LogP contribution in [0.5, 0.6) is 0 Å². The number of rotatable bonds is 0. The van der Waals surface area contributed by atoms with Crippen molar-refractivity contribution in [2.24, 2.45) is 0 Å². The average molecular weight is 110 g/mol. The van der Waals surface area contributed by atoms with Gasteiger partial charge in [0.15, 0.2) is 0 Å². The molecule has 1 rings (SSSR count). The number of hydrogen-bond donors (Lipinski definition) is 1. The van der Waals surface area contributed by atoms with Gasteiger partial charge in [0.05, 0.1) is 0 Å². The molecule has 1 saturated heterocycles. The van der Waals surface area contributed by atoms with Gasteiger partial charge in [-0.1, -0.05) is 0 Å². The standard InChI is InChI=1S/C4H9N.K/c1-2-4-5-3-1;/h5H,1-4H2;. The Bertz CT molecular complexity index is 19.1. The molecule has 0 aromatic carbocycles. The first-order chi connectivity index (χ1) is 2.50. The molecule has 1 nitrogen and oxygen atoms in total. The van der Waals surface area contributed by atoms with Crippen LogP contribution in [0.3, 0.4) is 0 Å². The van der Waals surface area contributed by atoms with Crippen molar-refractivity contribution in [1.82, 2.24) is 5.32 Å². The maximum absolute atomic E-state index is 3.22. The SMILES string of the molecule is C1CCNC1.[K]. The largest absolute Gasteiger partial charge is 0.317 e. The molecule has 1 heterocycles. The molecule has 0 saturated carbocycles. The molecular weight excluding hydrogens is 101 g/mol. The van der Waals surface area contributed by atoms with Crippen molar-refractivity contribution in [2.45, 2.75) is 12.8 Å². The fraction of sp³-hybridized carbons (Fsp3) is 1.00. The first kappa shape index (κ1) is 7.60. The van der Waals surface area contributed by atoms with Gasteiger partial charge in [0.2, 0.25) is 0 Å². The van der Waals surface area contributed by atoms with Crippen LogP contribution in [0.25, 0.3) is 0 Å². The van der Waals surface area contributed by atoms with Crippen LogP contribution in [0, 0.1) is 0 Å². The van der Waals surface area contributed by atoms with Crippen LogP contribution in [0.1, 0.15) is 12.8 Å². The predicted molar refractivity (Wildman–Crippen MR) is 27.9 cm³/mol. The molecule has 0 aliphatic carbocycles. The van der Waals surface area contributed by atoms with Crippen molar-refractivity contribution in [3.63, 3.8) is 0 Å². The first-order valence-electron chi connectivity index (χ1n) is 2.21. The zero-order valence-corrected chi connectivity index (χ0v) is 7.45. The van der Waals surface area contributed by atoms with Crippen LogP contribution >= 0.6 is 0 Å². The molecule has 1 fully saturated rings. The zero-order valence-electron chi connectivity index (χ0n) is 4.33. The number of hydrogen-bond acceptors (Lipinski definition) is 1. The Hall–Kier alpha value is 1.60. The summed E-state index contributed by atoms with van der Waals surface area (Å²) in [6.07, 6.45) is 2.78. The van der Waals surface area contributed by atoms with E-state index < -0.39 is 0 Å². The van der Waals surface area contributed by atoms with Gasteiger partial charge in [0.25, 0.3) is 0 Å². The summed E-state index contributed by atoms with van der Waals surface area (Å²) in [6.45, 7) is 2.50. The molecule has 2 heteroatoms. The summed E-state index contributed by atoms with van der Waals surface area (Å²) >= 11 is 0. The molecule has 0 unspecified atom stereocenters. The molecule has 0 bridgehead atoms. The molecule has 0 spiro atoms. The normalized spacial score (nSPS) is 20.0. The molecule has 1 N–H and O–H groups in total. The quantitative estimate of drug-likeness (QED) is 0.432. The second kappa shape index (κ2) is 4.75. The van der Waals surface area contributed by atoms with Crippen molar-refractivity contribution in [3.8, 4) is 0 Å². The second-order valence-corrected chi connectivity index (χ2v) is 1.46. The second-order valence-electron chi connectivity index (χ2n) is 1.46. The van der Waals surface area contributed by atoms with E-state index in [4.69, 9.17) is 0 Å². The van der Waals surface area contributed by atoms with Gasteiger partial charge in [0.1, 0.15) is 0 Å². The van der Waals surface area contributed by atoms with Gasteiger partial charge in [-0.15, -0.1) is 0 Å². The predicted octanol–water partition coefficient (Wildman–Crippen LogP) is -0.0110. The number of nitrogens with one attached hydrogen (secondary N) is 1. The van der Waals surface area contributed by atoms with Crippen LogP contribution in [-0.2, 0) is 0 Å². The molecule has 1 aliphatic heterocycles. The van der Waals surface area contributed by atoms with Crippen LogP contribution in [-0.4, -0.2) is 64.5 Å². The molecule has 0 atom stereocenters. The zero-order chi connectivity index (χ0) is 3.54. The molecule has 0 amide bonds. The smallest absolute Gasteiger partial charge is 0 e. The van der Waals surface area contributed by atoms with Crippen molar-refractivity contribution in [3.05, 3.63) is 0 Å². The van der Waals surface area contributed by atoms with E-state index in [2.05, 4.69) is 5.32 Å². The van der Waals surface area contributed by atoms with E-state index in [1.54, 1.807) is 0 Å². The monoisotopic (exact) mass is 110 g/mol. The summed E-state index contributed by atoms with van der Waals surface area (Å²) in [5.74, 6) is 0. The minimum atomic E-state index is 0. The van der Waals surface area contributed by atoms with Gasteiger partial charge in [-0.3, -0.25) is 0 Å². The van der Waals surface area contributed by atoms with Gasteiger partial charge in [-0.05, 0) is 25.9 Å². The minimum Gasteiger partial charge on any atom is -0.317 e. The van der Waals surface area contributed by atoms with E-state index in [0.717, 1.165) is 0 Å². The molecule has 0 aromatic heterocycles. The summed E-state index contributed by atoms with van der Waals surface area (Å²) in [7, 11) is 0. The van der Waals surface area contributed by atoms with Crippen LogP contribution in [0.4, 0.5) is 0 Å². The minimum absolute atomic E-state index is 0. The molecule has 1 aliphatic rings. The Balaban J connectivity index is 0.000000250. The summed E-state index contributed by atoms with van der Waals surface area (Å²) in [4.78, 5) is 0. The summed E-state index contributed by atoms with van der Waals surface area (Å²) < 4.78 is 0. The van der Waals surface area contributed by atoms with Crippen molar-refractivity contribution >= 4 is 51.4 Å². The van der Waals surface area contributed by atoms with E-state index in [1.165, 1.54) is 25.9 Å². The van der Waals surface area contributed by atoms with Crippen LogP contribution in [0.15, 0.2) is 0 Å². The van der Waals surface area contributed by atoms with Crippen LogP contribution in [0.2, 0.25) is 0 Å².